The van der Waals surface area contributed by atoms with Gasteiger partial charge in [0.1, 0.15) is 5.54 Å². The first-order chi connectivity index (χ1) is 9.05. The van der Waals surface area contributed by atoms with Crippen molar-refractivity contribution in [2.45, 2.75) is 31.2 Å². The molecule has 0 saturated carbocycles. The Morgan fingerprint density at radius 2 is 2.32 bits per heavy atom. The lowest BCUT2D eigenvalue weighted by molar-refractivity contribution is -0.147. The Balaban J connectivity index is 2.18. The third-order valence-corrected chi connectivity index (χ3v) is 4.12. The number of carbonyl (C=O) groups excluding carboxylic acids is 1. The van der Waals surface area contributed by atoms with E-state index in [1.54, 1.807) is 0 Å². The summed E-state index contributed by atoms with van der Waals surface area (Å²) < 4.78 is 4.89. The summed E-state index contributed by atoms with van der Waals surface area (Å²) >= 11 is 0. The van der Waals surface area contributed by atoms with Crippen LogP contribution >= 0.6 is 0 Å². The number of ether oxygens (including phenoxy) is 1. The number of methoxy groups -OCH3 is 1. The summed E-state index contributed by atoms with van der Waals surface area (Å²) in [5.41, 5.74) is 8.85. The highest BCUT2D eigenvalue weighted by Gasteiger charge is 2.40. The molecule has 4 nitrogen and oxygen atoms in total. The van der Waals surface area contributed by atoms with Gasteiger partial charge in [-0.05, 0) is 29.5 Å². The molecule has 1 aromatic heterocycles. The maximum Gasteiger partial charge on any atom is 0.326 e. The zero-order valence-electron chi connectivity index (χ0n) is 11.2. The molecule has 4 heteroatoms. The number of carbonyl (C=O) groups is 1. The number of rotatable bonds is 1. The van der Waals surface area contributed by atoms with E-state index in [2.05, 4.69) is 24.0 Å². The van der Waals surface area contributed by atoms with E-state index in [1.165, 1.54) is 18.1 Å². The molecule has 0 aliphatic heterocycles. The largest absolute Gasteiger partial charge is 0.468 e. The highest BCUT2D eigenvalue weighted by Crippen LogP contribution is 2.38. The van der Waals surface area contributed by atoms with Gasteiger partial charge in [-0.15, -0.1) is 0 Å². The number of H-pyrrole nitrogens is 1. The molecule has 2 atom stereocenters. The van der Waals surface area contributed by atoms with Crippen LogP contribution in [0, 0.1) is 0 Å². The third-order valence-electron chi connectivity index (χ3n) is 4.12. The van der Waals surface area contributed by atoms with E-state index in [4.69, 9.17) is 10.5 Å². The maximum absolute atomic E-state index is 12.0. The Morgan fingerprint density at radius 1 is 1.53 bits per heavy atom. The van der Waals surface area contributed by atoms with Gasteiger partial charge in [0.25, 0.3) is 0 Å². The number of hydrogen-bond donors (Lipinski definition) is 2. The Kier molecular flexibility index (Phi) is 2.64. The molecular weight excluding hydrogens is 240 g/mol. The predicted octanol–water partition coefficient (Wildman–Crippen LogP) is 2.09. The van der Waals surface area contributed by atoms with Gasteiger partial charge < -0.3 is 15.5 Å². The van der Waals surface area contributed by atoms with Gasteiger partial charge in [-0.2, -0.15) is 0 Å². The molecule has 1 unspecified atom stereocenters. The molecular formula is C15H18N2O2. The lowest BCUT2D eigenvalue weighted by atomic mass is 9.85. The van der Waals surface area contributed by atoms with Crippen LogP contribution in [0.15, 0.2) is 24.4 Å². The first-order valence-electron chi connectivity index (χ1n) is 6.51. The van der Waals surface area contributed by atoms with E-state index in [0.29, 0.717) is 12.8 Å². The Labute approximate surface area is 111 Å². The second kappa shape index (κ2) is 4.10. The molecule has 0 spiro atoms. The number of esters is 1. The topological polar surface area (TPSA) is 68.1 Å². The molecule has 1 aliphatic rings. The van der Waals surface area contributed by atoms with Crippen LogP contribution in [0.3, 0.4) is 0 Å². The summed E-state index contributed by atoms with van der Waals surface area (Å²) in [5, 5.41) is 1.21. The summed E-state index contributed by atoms with van der Waals surface area (Å²) in [6.07, 6.45) is 3.07. The Hall–Kier alpha value is -1.81. The van der Waals surface area contributed by atoms with Crippen molar-refractivity contribution in [3.8, 4) is 0 Å². The monoisotopic (exact) mass is 258 g/mol. The van der Waals surface area contributed by atoms with Gasteiger partial charge in [-0.25, -0.2) is 0 Å². The van der Waals surface area contributed by atoms with Crippen LogP contribution in [-0.4, -0.2) is 23.6 Å². The quantitative estimate of drug-likeness (QED) is 0.770. The van der Waals surface area contributed by atoms with E-state index in [9.17, 15) is 4.79 Å². The van der Waals surface area contributed by atoms with Crippen LogP contribution in [0.25, 0.3) is 10.9 Å². The minimum Gasteiger partial charge on any atom is -0.468 e. The van der Waals surface area contributed by atoms with E-state index < -0.39 is 5.54 Å². The number of benzene rings is 1. The van der Waals surface area contributed by atoms with Gasteiger partial charge in [-0.3, -0.25) is 4.79 Å². The molecule has 1 aliphatic carbocycles. The number of nitrogens with two attached hydrogens (primary N) is 1. The smallest absolute Gasteiger partial charge is 0.326 e. The number of hydrogen-bond acceptors (Lipinski definition) is 3. The molecule has 19 heavy (non-hydrogen) atoms. The fourth-order valence-corrected chi connectivity index (χ4v) is 3.26. The molecule has 0 saturated heterocycles. The molecule has 0 fully saturated rings. The summed E-state index contributed by atoms with van der Waals surface area (Å²) in [6, 6.07) is 6.21. The van der Waals surface area contributed by atoms with Crippen LogP contribution < -0.4 is 5.73 Å². The third kappa shape index (κ3) is 1.75. The summed E-state index contributed by atoms with van der Waals surface area (Å²) in [7, 11) is 1.40. The zero-order chi connectivity index (χ0) is 13.6. The highest BCUT2D eigenvalue weighted by atomic mass is 16.5. The van der Waals surface area contributed by atoms with Crippen molar-refractivity contribution < 1.29 is 9.53 Å². The highest BCUT2D eigenvalue weighted by molar-refractivity contribution is 5.90. The Bertz CT molecular complexity index is 647. The lowest BCUT2D eigenvalue weighted by Gasteiger charge is -2.27. The second-order valence-electron chi connectivity index (χ2n) is 5.51. The van der Waals surface area contributed by atoms with Gasteiger partial charge in [0.2, 0.25) is 0 Å². The van der Waals surface area contributed by atoms with Crippen LogP contribution in [0.5, 0.6) is 0 Å². The average Bonchev–Trinajstić information content (AvgIpc) is 2.75. The molecule has 0 radical (unpaired) electrons. The molecule has 1 heterocycles. The summed E-state index contributed by atoms with van der Waals surface area (Å²) in [5.74, 6) is -0.105. The lowest BCUT2D eigenvalue weighted by Crippen LogP contribution is -2.51. The van der Waals surface area contributed by atoms with Crippen LogP contribution in [-0.2, 0) is 16.0 Å². The molecule has 2 aromatic rings. The first-order valence-corrected chi connectivity index (χ1v) is 6.51. The normalized spacial score (nSPS) is 26.2. The van der Waals surface area contributed by atoms with E-state index in [-0.39, 0.29) is 11.9 Å². The van der Waals surface area contributed by atoms with E-state index in [1.807, 2.05) is 12.3 Å². The SMILES string of the molecule is COC(=O)C1(N)Cc2c[nH]c3cccc(c23)[C@@H](C)C1. The van der Waals surface area contributed by atoms with Gasteiger partial charge in [0, 0.05) is 23.5 Å². The Morgan fingerprint density at radius 3 is 3.05 bits per heavy atom. The molecule has 3 rings (SSSR count). The minimum atomic E-state index is -0.942. The van der Waals surface area contributed by atoms with Crippen molar-refractivity contribution in [1.82, 2.24) is 4.98 Å². The van der Waals surface area contributed by atoms with Crippen LogP contribution in [0.1, 0.15) is 30.4 Å². The van der Waals surface area contributed by atoms with Crippen molar-refractivity contribution in [3.05, 3.63) is 35.5 Å². The van der Waals surface area contributed by atoms with Gasteiger partial charge in [-0.1, -0.05) is 19.1 Å². The van der Waals surface area contributed by atoms with Crippen molar-refractivity contribution in [3.63, 3.8) is 0 Å². The van der Waals surface area contributed by atoms with Crippen LogP contribution in [0.4, 0.5) is 0 Å². The fourth-order valence-electron chi connectivity index (χ4n) is 3.26. The number of aromatic amines is 1. The maximum atomic E-state index is 12.0. The fraction of sp³-hybridized carbons (Fsp3) is 0.400. The molecule has 100 valence electrons. The summed E-state index contributed by atoms with van der Waals surface area (Å²) in [4.78, 5) is 15.3. The zero-order valence-corrected chi connectivity index (χ0v) is 11.2. The van der Waals surface area contributed by atoms with Crippen molar-refractivity contribution in [1.29, 1.82) is 0 Å². The average molecular weight is 258 g/mol. The van der Waals surface area contributed by atoms with Crippen molar-refractivity contribution >= 4 is 16.9 Å². The predicted molar refractivity (Wildman–Crippen MR) is 74.0 cm³/mol. The van der Waals surface area contributed by atoms with E-state index in [0.717, 1.165) is 11.1 Å². The molecule has 3 N–H and O–H groups in total. The minimum absolute atomic E-state index is 0.227. The molecule has 0 bridgehead atoms. The van der Waals surface area contributed by atoms with Gasteiger partial charge in [0.05, 0.1) is 7.11 Å². The molecule has 1 aromatic carbocycles. The van der Waals surface area contributed by atoms with Gasteiger partial charge in [0.15, 0.2) is 0 Å². The number of nitrogens with one attached hydrogen (secondary N) is 1. The van der Waals surface area contributed by atoms with Crippen LogP contribution in [0.2, 0.25) is 0 Å². The molecule has 0 amide bonds. The first kappa shape index (κ1) is 12.2. The standard InChI is InChI=1S/C15H18N2O2/c1-9-6-15(16,14(18)19-2)7-10-8-17-12-5-3-4-11(9)13(10)12/h3-5,8-9,17H,6-7,16H2,1-2H3/t9-,15?/m0/s1. The van der Waals surface area contributed by atoms with E-state index >= 15 is 0 Å². The van der Waals surface area contributed by atoms with Crippen molar-refractivity contribution in [2.75, 3.05) is 7.11 Å². The van der Waals surface area contributed by atoms with Gasteiger partial charge >= 0.3 is 5.97 Å². The number of aromatic nitrogens is 1. The second-order valence-corrected chi connectivity index (χ2v) is 5.51. The summed E-state index contributed by atoms with van der Waals surface area (Å²) in [6.45, 7) is 2.11. The van der Waals surface area contributed by atoms with Crippen molar-refractivity contribution in [2.24, 2.45) is 5.73 Å².